The van der Waals surface area contributed by atoms with Gasteiger partial charge in [-0.15, -0.1) is 0 Å². The van der Waals surface area contributed by atoms with Gasteiger partial charge in [0.2, 0.25) is 0 Å². The second-order valence-electron chi connectivity index (χ2n) is 4.91. The molecule has 0 unspecified atom stereocenters. The van der Waals surface area contributed by atoms with Crippen molar-refractivity contribution in [2.24, 2.45) is 0 Å². The highest BCUT2D eigenvalue weighted by Gasteiger charge is 2.21. The van der Waals surface area contributed by atoms with Crippen LogP contribution in [0.3, 0.4) is 0 Å². The molecule has 0 aliphatic rings. The minimum absolute atomic E-state index is 0.0563. The van der Waals surface area contributed by atoms with Crippen molar-refractivity contribution in [1.82, 2.24) is 0 Å². The minimum Gasteiger partial charge on any atom is -0.506 e. The topological polar surface area (TPSA) is 93.1 Å². The van der Waals surface area contributed by atoms with E-state index in [0.29, 0.717) is 11.3 Å². The van der Waals surface area contributed by atoms with Crippen molar-refractivity contribution in [2.75, 3.05) is 14.2 Å². The average molecular weight is 407 g/mol. The molecule has 2 aromatic rings. The highest BCUT2D eigenvalue weighted by molar-refractivity contribution is 9.10. The predicted molar refractivity (Wildman–Crippen MR) is 95.7 cm³/mol. The van der Waals surface area contributed by atoms with E-state index in [4.69, 9.17) is 14.6 Å². The van der Waals surface area contributed by atoms with Crippen LogP contribution in [-0.2, 0) is 0 Å². The largest absolute Gasteiger partial charge is 0.506 e. The van der Waals surface area contributed by atoms with E-state index in [0.717, 1.165) is 0 Å². The Morgan fingerprint density at radius 3 is 2.36 bits per heavy atom. The van der Waals surface area contributed by atoms with Gasteiger partial charge in [-0.3, -0.25) is 4.79 Å². The summed E-state index contributed by atoms with van der Waals surface area (Å²) in [5, 5.41) is 19.4. The maximum Gasteiger partial charge on any atom is 0.336 e. The van der Waals surface area contributed by atoms with Gasteiger partial charge in [-0.1, -0.05) is 24.3 Å². The van der Waals surface area contributed by atoms with Crippen LogP contribution in [0.2, 0.25) is 0 Å². The van der Waals surface area contributed by atoms with E-state index in [-0.39, 0.29) is 27.1 Å². The Labute approximate surface area is 152 Å². The molecule has 2 aromatic carbocycles. The van der Waals surface area contributed by atoms with E-state index in [1.165, 1.54) is 38.5 Å². The Balaban J connectivity index is 2.46. The van der Waals surface area contributed by atoms with Crippen molar-refractivity contribution in [1.29, 1.82) is 0 Å². The molecular formula is C18H15BrO6. The van der Waals surface area contributed by atoms with E-state index in [2.05, 4.69) is 15.9 Å². The lowest BCUT2D eigenvalue weighted by atomic mass is 10.0. The fourth-order valence-electron chi connectivity index (χ4n) is 2.23. The van der Waals surface area contributed by atoms with E-state index >= 15 is 0 Å². The van der Waals surface area contributed by atoms with Crippen molar-refractivity contribution in [3.63, 3.8) is 0 Å². The smallest absolute Gasteiger partial charge is 0.336 e. The number of ketones is 1. The van der Waals surface area contributed by atoms with Gasteiger partial charge >= 0.3 is 5.97 Å². The highest BCUT2D eigenvalue weighted by Crippen LogP contribution is 2.42. The molecule has 0 saturated heterocycles. The lowest BCUT2D eigenvalue weighted by Gasteiger charge is -2.13. The molecule has 0 saturated carbocycles. The summed E-state index contributed by atoms with van der Waals surface area (Å²) in [5.74, 6) is -1.51. The summed E-state index contributed by atoms with van der Waals surface area (Å²) in [6.07, 6.45) is 2.56. The number of aromatic carboxylic acids is 1. The third-order valence-electron chi connectivity index (χ3n) is 3.46. The number of carboxylic acid groups (broad SMARTS) is 1. The molecular weight excluding hydrogens is 392 g/mol. The van der Waals surface area contributed by atoms with Crippen molar-refractivity contribution in [3.05, 3.63) is 57.6 Å². The van der Waals surface area contributed by atoms with Gasteiger partial charge in [-0.05, 0) is 33.6 Å². The van der Waals surface area contributed by atoms with Crippen LogP contribution in [-0.4, -0.2) is 36.2 Å². The van der Waals surface area contributed by atoms with Gasteiger partial charge in [0.15, 0.2) is 5.78 Å². The Morgan fingerprint density at radius 2 is 1.76 bits per heavy atom. The monoisotopic (exact) mass is 406 g/mol. The molecule has 2 rings (SSSR count). The molecule has 0 fully saturated rings. The Bertz CT molecular complexity index is 857. The number of carboxylic acids is 1. The number of rotatable bonds is 6. The zero-order valence-corrected chi connectivity index (χ0v) is 15.0. The molecule has 130 valence electrons. The molecule has 0 heterocycles. The number of ether oxygens (including phenoxy) is 2. The number of allylic oxidation sites excluding steroid dienone is 1. The van der Waals surface area contributed by atoms with Gasteiger partial charge in [-0.2, -0.15) is 0 Å². The first-order valence-electron chi connectivity index (χ1n) is 7.08. The number of hydrogen-bond donors (Lipinski definition) is 2. The second-order valence-corrected chi connectivity index (χ2v) is 5.70. The molecule has 0 aliphatic heterocycles. The summed E-state index contributed by atoms with van der Waals surface area (Å²) in [4.78, 5) is 23.7. The summed E-state index contributed by atoms with van der Waals surface area (Å²) >= 11 is 3.16. The molecule has 0 aliphatic carbocycles. The van der Waals surface area contributed by atoms with Crippen LogP contribution < -0.4 is 9.47 Å². The number of carbonyl (C=O) groups excluding carboxylic acids is 1. The lowest BCUT2D eigenvalue weighted by Crippen LogP contribution is -2.02. The van der Waals surface area contributed by atoms with Crippen LogP contribution in [0.5, 0.6) is 17.2 Å². The van der Waals surface area contributed by atoms with Gasteiger partial charge in [0.1, 0.15) is 27.3 Å². The van der Waals surface area contributed by atoms with Gasteiger partial charge in [0.05, 0.1) is 19.8 Å². The van der Waals surface area contributed by atoms with Crippen molar-refractivity contribution >= 4 is 33.8 Å². The third kappa shape index (κ3) is 3.83. The molecule has 7 heteroatoms. The summed E-state index contributed by atoms with van der Waals surface area (Å²) < 4.78 is 10.5. The Kier molecular flexibility index (Phi) is 5.82. The number of hydrogen-bond acceptors (Lipinski definition) is 5. The predicted octanol–water partition coefficient (Wildman–Crippen LogP) is 3.77. The van der Waals surface area contributed by atoms with Crippen molar-refractivity contribution in [3.8, 4) is 17.2 Å². The zero-order chi connectivity index (χ0) is 18.6. The molecule has 0 amide bonds. The van der Waals surface area contributed by atoms with Gasteiger partial charge in [-0.25, -0.2) is 4.79 Å². The fraction of sp³-hybridized carbons (Fsp3) is 0.111. The highest BCUT2D eigenvalue weighted by atomic mass is 79.9. The molecule has 0 atom stereocenters. The molecule has 25 heavy (non-hydrogen) atoms. The first kappa shape index (κ1) is 18.5. The molecule has 6 nitrogen and oxygen atoms in total. The van der Waals surface area contributed by atoms with Crippen LogP contribution in [0, 0.1) is 0 Å². The van der Waals surface area contributed by atoms with Crippen molar-refractivity contribution < 1.29 is 29.3 Å². The van der Waals surface area contributed by atoms with E-state index < -0.39 is 11.8 Å². The molecule has 0 aromatic heterocycles. The van der Waals surface area contributed by atoms with E-state index in [1.807, 2.05) is 0 Å². The number of benzene rings is 2. The number of phenolic OH excluding ortho intramolecular Hbond substituents is 1. The van der Waals surface area contributed by atoms with Crippen LogP contribution in [0.25, 0.3) is 6.08 Å². The van der Waals surface area contributed by atoms with Crippen LogP contribution in [0.15, 0.2) is 40.9 Å². The van der Waals surface area contributed by atoms with E-state index in [9.17, 15) is 14.7 Å². The zero-order valence-electron chi connectivity index (χ0n) is 13.4. The molecule has 0 bridgehead atoms. The van der Waals surface area contributed by atoms with Gasteiger partial charge in [0, 0.05) is 6.07 Å². The standard InChI is InChI=1S/C18H15BrO6/c1-24-13-9-14(25-2)16(19)17(21)15(13)12(20)8-7-10-5-3-4-6-11(10)18(22)23/h3-9,21H,1-2H3,(H,22,23)/b8-7+. The molecule has 0 radical (unpaired) electrons. The summed E-state index contributed by atoms with van der Waals surface area (Å²) in [7, 11) is 2.78. The number of carbonyl (C=O) groups is 2. The van der Waals surface area contributed by atoms with Gasteiger partial charge < -0.3 is 19.7 Å². The van der Waals surface area contributed by atoms with Crippen LogP contribution in [0.4, 0.5) is 0 Å². The fourth-order valence-corrected chi connectivity index (χ4v) is 2.71. The normalized spacial score (nSPS) is 10.7. The molecule has 2 N–H and O–H groups in total. The number of methoxy groups -OCH3 is 2. The quantitative estimate of drug-likeness (QED) is 0.560. The number of aromatic hydroxyl groups is 1. The van der Waals surface area contributed by atoms with E-state index in [1.54, 1.807) is 18.2 Å². The maximum absolute atomic E-state index is 12.5. The molecule has 0 spiro atoms. The summed E-state index contributed by atoms with van der Waals surface area (Å²) in [5.41, 5.74) is 0.382. The summed E-state index contributed by atoms with van der Waals surface area (Å²) in [6.45, 7) is 0. The second kappa shape index (κ2) is 7.85. The third-order valence-corrected chi connectivity index (χ3v) is 4.23. The first-order valence-corrected chi connectivity index (χ1v) is 7.88. The Morgan fingerprint density at radius 1 is 1.12 bits per heavy atom. The summed E-state index contributed by atoms with van der Waals surface area (Å²) in [6, 6.07) is 7.75. The minimum atomic E-state index is -1.10. The van der Waals surface area contributed by atoms with Crippen molar-refractivity contribution in [2.45, 2.75) is 0 Å². The lowest BCUT2D eigenvalue weighted by molar-refractivity contribution is 0.0696. The van der Waals surface area contributed by atoms with Crippen LogP contribution >= 0.6 is 15.9 Å². The number of phenols is 1. The number of halogens is 1. The van der Waals surface area contributed by atoms with Gasteiger partial charge in [0.25, 0.3) is 0 Å². The first-order chi connectivity index (χ1) is 11.9. The average Bonchev–Trinajstić information content (AvgIpc) is 2.61. The Hall–Kier alpha value is -2.80. The maximum atomic E-state index is 12.5. The van der Waals surface area contributed by atoms with Crippen LogP contribution in [0.1, 0.15) is 26.3 Å². The SMILES string of the molecule is COc1cc(OC)c(C(=O)/C=C/c2ccccc2C(=O)O)c(O)c1Br.